The van der Waals surface area contributed by atoms with Gasteiger partial charge < -0.3 is 25.6 Å². The molecule has 0 spiro atoms. The van der Waals surface area contributed by atoms with Crippen molar-refractivity contribution in [1.29, 1.82) is 0 Å². The average molecular weight is 685 g/mol. The van der Waals surface area contributed by atoms with Gasteiger partial charge in [-0.05, 0) is 100 Å². The highest BCUT2D eigenvalue weighted by Crippen LogP contribution is 2.30. The molecule has 2 aromatic rings. The van der Waals surface area contributed by atoms with Crippen molar-refractivity contribution in [3.8, 4) is 5.75 Å². The smallest absolute Gasteiger partial charge is 0.289 e. The summed E-state index contributed by atoms with van der Waals surface area (Å²) in [5.41, 5.74) is 7.47. The Balaban J connectivity index is 1.42. The molecule has 0 radical (unpaired) electrons. The molecule has 212 valence electrons. The van der Waals surface area contributed by atoms with E-state index in [1.165, 1.54) is 19.3 Å². The third-order valence-corrected chi connectivity index (χ3v) is 9.32. The number of amides is 1. The highest BCUT2D eigenvalue weighted by Gasteiger charge is 2.31. The largest absolute Gasteiger partial charge is 0.476 e. The first-order chi connectivity index (χ1) is 18.7. The predicted molar refractivity (Wildman–Crippen MR) is 161 cm³/mol. The molecule has 2 aromatic carbocycles. The number of hydrogen-bond acceptors (Lipinski definition) is 6. The number of halogens is 2. The van der Waals surface area contributed by atoms with Gasteiger partial charge in [0.2, 0.25) is 11.8 Å². The molecule has 2 heterocycles. The molecule has 4 rings (SSSR count). The van der Waals surface area contributed by atoms with Gasteiger partial charge in [0.1, 0.15) is 18.1 Å². The number of carbonyl (C=O) groups is 1. The molecule has 3 N–H and O–H groups in total. The number of sulfonamides is 1. The SMILES string of the molecule is Nc1c(Br)cc(C[C@@H](NC=NS(=O)(=O)COc2ccccc2)C(=O)N2CCC(N3CCCCC3)CC2)cc1Br. The molecule has 1 atom stereocenters. The fraction of sp³-hybridized carbons (Fsp3) is 0.481. The summed E-state index contributed by atoms with van der Waals surface area (Å²) in [6.07, 6.45) is 7.09. The fourth-order valence-corrected chi connectivity index (χ4v) is 6.90. The maximum Gasteiger partial charge on any atom is 0.289 e. The zero-order valence-corrected chi connectivity index (χ0v) is 25.8. The molecule has 0 saturated carbocycles. The van der Waals surface area contributed by atoms with Gasteiger partial charge in [-0.1, -0.05) is 24.6 Å². The molecular weight excluding hydrogens is 650 g/mol. The van der Waals surface area contributed by atoms with E-state index in [1.807, 2.05) is 23.1 Å². The van der Waals surface area contributed by atoms with Crippen LogP contribution in [0.2, 0.25) is 0 Å². The van der Waals surface area contributed by atoms with Gasteiger partial charge in [-0.3, -0.25) is 4.79 Å². The van der Waals surface area contributed by atoms with Gasteiger partial charge >= 0.3 is 0 Å². The lowest BCUT2D eigenvalue weighted by atomic mass is 9.98. The number of para-hydroxylation sites is 1. The first kappa shape index (κ1) is 29.8. The number of carbonyl (C=O) groups excluding carboxylic acids is 1. The molecule has 0 aromatic heterocycles. The van der Waals surface area contributed by atoms with Crippen molar-refractivity contribution in [2.45, 2.75) is 50.6 Å². The van der Waals surface area contributed by atoms with Crippen LogP contribution in [0.1, 0.15) is 37.7 Å². The van der Waals surface area contributed by atoms with E-state index in [-0.39, 0.29) is 5.91 Å². The third-order valence-electron chi connectivity index (χ3n) is 7.17. The first-order valence-corrected chi connectivity index (χ1v) is 16.4. The number of anilines is 1. The predicted octanol–water partition coefficient (Wildman–Crippen LogP) is 4.17. The fourth-order valence-electron chi connectivity index (χ4n) is 5.05. The number of rotatable bonds is 10. The minimum absolute atomic E-state index is 0.0828. The molecule has 2 aliphatic rings. The summed E-state index contributed by atoms with van der Waals surface area (Å²) in [5.74, 6) is -0.249. The van der Waals surface area contributed by atoms with E-state index in [0.29, 0.717) is 37.0 Å². The molecular formula is C27H35Br2N5O4S. The summed E-state index contributed by atoms with van der Waals surface area (Å²) in [5, 5.41) is 2.96. The van der Waals surface area contributed by atoms with E-state index in [1.54, 1.807) is 24.3 Å². The maximum atomic E-state index is 13.7. The number of nitrogen functional groups attached to an aromatic ring is 1. The quantitative estimate of drug-likeness (QED) is 0.219. The topological polar surface area (TPSA) is 117 Å². The van der Waals surface area contributed by atoms with Gasteiger partial charge in [0.15, 0.2) is 0 Å². The number of hydrogen-bond donors (Lipinski definition) is 2. The number of nitrogens with one attached hydrogen (secondary N) is 1. The lowest BCUT2D eigenvalue weighted by molar-refractivity contribution is -0.134. The lowest BCUT2D eigenvalue weighted by Gasteiger charge is -2.41. The van der Waals surface area contributed by atoms with Crippen molar-refractivity contribution in [3.05, 3.63) is 57.0 Å². The standard InChI is InChI=1S/C27H35Br2N5O4S/c28-23-15-20(16-24(29)26(23)30)17-25(31-18-32-39(36,37)19-38-22-7-3-1-4-8-22)27(35)34-13-9-21(10-14-34)33-11-5-2-6-12-33/h1,3-4,7-8,15-16,18,21,25H,2,5-6,9-14,17,19,30H2,(H,31,32)/t25-/m1/s1. The summed E-state index contributed by atoms with van der Waals surface area (Å²) in [6.45, 7) is 3.63. The van der Waals surface area contributed by atoms with Gasteiger partial charge in [-0.15, -0.1) is 0 Å². The minimum Gasteiger partial charge on any atom is -0.476 e. The zero-order valence-electron chi connectivity index (χ0n) is 21.8. The Hall–Kier alpha value is -2.15. The Bertz CT molecular complexity index is 1230. The molecule has 0 bridgehead atoms. The van der Waals surface area contributed by atoms with Crippen LogP contribution in [0.4, 0.5) is 5.69 Å². The summed E-state index contributed by atoms with van der Waals surface area (Å²) in [4.78, 5) is 18.1. The molecule has 1 amide bonds. The van der Waals surface area contributed by atoms with Crippen LogP contribution in [0.3, 0.4) is 0 Å². The molecule has 12 heteroatoms. The second-order valence-electron chi connectivity index (χ2n) is 9.94. The normalized spacial score (nSPS) is 18.3. The molecule has 2 aliphatic heterocycles. The van der Waals surface area contributed by atoms with Crippen molar-refractivity contribution in [2.75, 3.05) is 37.9 Å². The van der Waals surface area contributed by atoms with Crippen LogP contribution >= 0.6 is 31.9 Å². The highest BCUT2D eigenvalue weighted by atomic mass is 79.9. The number of ether oxygens (including phenoxy) is 1. The van der Waals surface area contributed by atoms with E-state index >= 15 is 0 Å². The number of benzene rings is 2. The third kappa shape index (κ3) is 8.67. The van der Waals surface area contributed by atoms with Crippen LogP contribution in [0.15, 0.2) is 55.8 Å². The first-order valence-electron chi connectivity index (χ1n) is 13.2. The van der Waals surface area contributed by atoms with Crippen LogP contribution in [0.5, 0.6) is 5.75 Å². The molecule has 2 saturated heterocycles. The van der Waals surface area contributed by atoms with Crippen molar-refractivity contribution in [1.82, 2.24) is 15.1 Å². The number of nitrogens with zero attached hydrogens (tertiary/aromatic N) is 3. The van der Waals surface area contributed by atoms with Crippen LogP contribution in [0.25, 0.3) is 0 Å². The number of piperidine rings is 2. The van der Waals surface area contributed by atoms with Gasteiger partial charge in [0.25, 0.3) is 10.0 Å². The molecule has 0 aliphatic carbocycles. The zero-order chi connectivity index (χ0) is 27.8. The molecule has 39 heavy (non-hydrogen) atoms. The van der Waals surface area contributed by atoms with Crippen LogP contribution < -0.4 is 15.8 Å². The number of likely N-dealkylation sites (tertiary alicyclic amines) is 2. The van der Waals surface area contributed by atoms with E-state index in [4.69, 9.17) is 10.5 Å². The van der Waals surface area contributed by atoms with E-state index in [2.05, 4.69) is 46.5 Å². The maximum absolute atomic E-state index is 13.7. The molecule has 9 nitrogen and oxygen atoms in total. The Morgan fingerprint density at radius 2 is 1.72 bits per heavy atom. The Kier molecular flexibility index (Phi) is 10.7. The highest BCUT2D eigenvalue weighted by molar-refractivity contribution is 9.11. The van der Waals surface area contributed by atoms with Crippen molar-refractivity contribution in [2.24, 2.45) is 4.40 Å². The van der Waals surface area contributed by atoms with Gasteiger partial charge in [0.05, 0.1) is 5.69 Å². The Morgan fingerprint density at radius 3 is 2.36 bits per heavy atom. The molecule has 0 unspecified atom stereocenters. The second-order valence-corrected chi connectivity index (χ2v) is 13.3. The van der Waals surface area contributed by atoms with Gasteiger partial charge in [0, 0.05) is 34.5 Å². The van der Waals surface area contributed by atoms with Crippen molar-refractivity contribution in [3.63, 3.8) is 0 Å². The second kappa shape index (κ2) is 14.0. The van der Waals surface area contributed by atoms with Crippen molar-refractivity contribution < 1.29 is 17.9 Å². The van der Waals surface area contributed by atoms with E-state index < -0.39 is 22.0 Å². The van der Waals surface area contributed by atoms with E-state index in [9.17, 15) is 13.2 Å². The van der Waals surface area contributed by atoms with Crippen LogP contribution in [-0.4, -0.2) is 74.7 Å². The van der Waals surface area contributed by atoms with E-state index in [0.717, 1.165) is 46.8 Å². The van der Waals surface area contributed by atoms with Gasteiger partial charge in [-0.2, -0.15) is 4.40 Å². The monoisotopic (exact) mass is 683 g/mol. The lowest BCUT2D eigenvalue weighted by Crippen LogP contribution is -2.53. The Morgan fingerprint density at radius 1 is 1.08 bits per heavy atom. The summed E-state index contributed by atoms with van der Waals surface area (Å²) in [6, 6.07) is 12.2. The summed E-state index contributed by atoms with van der Waals surface area (Å²) in [7, 11) is -3.91. The Labute approximate surface area is 247 Å². The van der Waals surface area contributed by atoms with Crippen LogP contribution in [-0.2, 0) is 21.2 Å². The van der Waals surface area contributed by atoms with Gasteiger partial charge in [-0.25, -0.2) is 8.42 Å². The van der Waals surface area contributed by atoms with Crippen LogP contribution in [0, 0.1) is 0 Å². The average Bonchev–Trinajstić information content (AvgIpc) is 2.95. The van der Waals surface area contributed by atoms with Crippen molar-refractivity contribution >= 4 is 59.8 Å². The summed E-state index contributed by atoms with van der Waals surface area (Å²) >= 11 is 6.93. The number of nitrogens with two attached hydrogens (primary N) is 1. The summed E-state index contributed by atoms with van der Waals surface area (Å²) < 4.78 is 35.3. The minimum atomic E-state index is -3.91. The molecule has 2 fully saturated rings.